The van der Waals surface area contributed by atoms with Gasteiger partial charge in [-0.25, -0.2) is 41.6 Å². The molecule has 4 aliphatic rings. The molecular weight excluding hydrogens is 985 g/mol. The summed E-state index contributed by atoms with van der Waals surface area (Å²) in [5, 5.41) is 4.98. The number of phosphoric ester groups is 1. The number of phosphoric acid groups is 3. The molecule has 8 rings (SSSR count). The number of nitrogen functional groups attached to an aromatic ring is 1. The Labute approximate surface area is 395 Å². The zero-order valence-corrected chi connectivity index (χ0v) is 40.9. The Morgan fingerprint density at radius 2 is 1.87 bits per heavy atom. The molecule has 4 atom stereocenters. The fraction of sp³-hybridized carbons (Fsp3) is 0.439. The lowest BCUT2D eigenvalue weighted by Crippen LogP contribution is -2.46. The lowest BCUT2D eigenvalue weighted by Gasteiger charge is -2.44. The van der Waals surface area contributed by atoms with E-state index in [0.29, 0.717) is 75.4 Å². The number of carbonyl (C=O) groups excluding carboxylic acids is 1. The highest BCUT2D eigenvalue weighted by molar-refractivity contribution is 7.86. The Balaban J connectivity index is 0.916. The molecule has 370 valence electrons. The lowest BCUT2D eigenvalue weighted by atomic mass is 9.88. The number of fused-ring (bicyclic) bond motifs is 5. The van der Waals surface area contributed by atoms with Crippen LogP contribution in [0.4, 0.5) is 17.2 Å². The number of hydrogen-bond acceptors (Lipinski definition) is 17. The number of nitrogens with zero attached hydrogens (tertiary/aromatic N) is 6. The van der Waals surface area contributed by atoms with Gasteiger partial charge in [0, 0.05) is 48.5 Å². The van der Waals surface area contributed by atoms with Gasteiger partial charge in [-0.2, -0.15) is 8.62 Å². The van der Waals surface area contributed by atoms with E-state index in [4.69, 9.17) is 34.5 Å². The normalized spacial score (nSPS) is 20.1. The van der Waals surface area contributed by atoms with Crippen molar-refractivity contribution in [2.75, 3.05) is 49.2 Å². The molecule has 2 aromatic carbocycles. The molecule has 69 heavy (non-hydrogen) atoms. The number of nitrogens with one attached hydrogen (secondary N) is 1. The molecule has 0 bridgehead atoms. The molecule has 0 radical (unpaired) electrons. The summed E-state index contributed by atoms with van der Waals surface area (Å²) >= 11 is 0. The Bertz CT molecular complexity index is 3240. The molecule has 6 heterocycles. The minimum absolute atomic E-state index is 0.0385. The minimum atomic E-state index is -5.69. The number of hydrogen-bond donors (Lipinski definition) is 6. The minimum Gasteiger partial charge on any atom is -0.748 e. The molecule has 28 heteroatoms. The van der Waals surface area contributed by atoms with Crippen LogP contribution < -0.4 is 36.0 Å². The molecule has 4 aromatic rings. The molecule has 1 amide bonds. The molecule has 4 aliphatic heterocycles. The van der Waals surface area contributed by atoms with E-state index >= 15 is 0 Å². The summed E-state index contributed by atoms with van der Waals surface area (Å²) in [6, 6.07) is 7.64. The van der Waals surface area contributed by atoms with Crippen LogP contribution in [0.5, 0.6) is 11.5 Å². The third kappa shape index (κ3) is 11.8. The first-order valence-electron chi connectivity index (χ1n) is 21.6. The maximum atomic E-state index is 13.2. The summed E-state index contributed by atoms with van der Waals surface area (Å²) in [6.07, 6.45) is 6.11. The lowest BCUT2D eigenvalue weighted by molar-refractivity contribution is -0.120. The SMILES string of the molecule is CC[N+]1=c2cc3c(cc2CCC1)=Nc1cc2c(cc1O3)N(CCCC(=O)NCC#Cc1cn([C@H]3CC[C@@H](COP(=O)(O)OP(=O)(O)OP(=O)(O)O)O3)c3ncnc(N)c13)C(C)(C)C=C2CS(=O)(=O)[O-]. The number of rotatable bonds is 16. The predicted octanol–water partition coefficient (Wildman–Crippen LogP) is 3.02. The van der Waals surface area contributed by atoms with Gasteiger partial charge in [0.1, 0.15) is 48.2 Å². The molecule has 2 unspecified atom stereocenters. The highest BCUT2D eigenvalue weighted by atomic mass is 32.2. The smallest absolute Gasteiger partial charge is 0.490 e. The van der Waals surface area contributed by atoms with E-state index in [2.05, 4.69) is 52.1 Å². The van der Waals surface area contributed by atoms with E-state index < -0.39 is 63.8 Å². The third-order valence-electron chi connectivity index (χ3n) is 11.7. The van der Waals surface area contributed by atoms with E-state index in [1.165, 1.54) is 11.9 Å². The quantitative estimate of drug-likeness (QED) is 0.0358. The van der Waals surface area contributed by atoms with Gasteiger partial charge < -0.3 is 54.1 Å². The van der Waals surface area contributed by atoms with Gasteiger partial charge in [-0.15, -0.1) is 0 Å². The van der Waals surface area contributed by atoms with Gasteiger partial charge in [-0.3, -0.25) is 9.32 Å². The molecule has 1 saturated heterocycles. The van der Waals surface area contributed by atoms with Gasteiger partial charge in [0.05, 0.1) is 57.7 Å². The summed E-state index contributed by atoms with van der Waals surface area (Å²) in [4.78, 5) is 65.3. The molecule has 24 nitrogen and oxygen atoms in total. The van der Waals surface area contributed by atoms with Crippen LogP contribution in [0.1, 0.15) is 75.8 Å². The fourth-order valence-electron chi connectivity index (χ4n) is 8.93. The van der Waals surface area contributed by atoms with Crippen LogP contribution >= 0.6 is 23.5 Å². The van der Waals surface area contributed by atoms with Crippen LogP contribution in [0.3, 0.4) is 0 Å². The number of carbonyl (C=O) groups is 1. The second-order valence-corrected chi connectivity index (χ2v) is 23.0. The maximum absolute atomic E-state index is 13.2. The molecule has 7 N–H and O–H groups in total. The Kier molecular flexibility index (Phi) is 14.2. The first-order chi connectivity index (χ1) is 32.4. The predicted molar refractivity (Wildman–Crippen MR) is 246 cm³/mol. The second kappa shape index (κ2) is 19.4. The van der Waals surface area contributed by atoms with Crippen molar-refractivity contribution in [3.8, 4) is 23.3 Å². The van der Waals surface area contributed by atoms with Crippen LogP contribution in [0.25, 0.3) is 16.6 Å². The van der Waals surface area contributed by atoms with E-state index in [0.717, 1.165) is 31.3 Å². The zero-order chi connectivity index (χ0) is 49.7. The molecule has 1 fully saturated rings. The third-order valence-corrected chi connectivity index (χ3v) is 16.2. The number of aryl methyl sites for hydroxylation is 1. The van der Waals surface area contributed by atoms with Crippen LogP contribution in [0.2, 0.25) is 0 Å². The van der Waals surface area contributed by atoms with Crippen molar-refractivity contribution >= 4 is 73.3 Å². The van der Waals surface area contributed by atoms with Crippen molar-refractivity contribution in [1.82, 2.24) is 24.4 Å². The highest BCUT2D eigenvalue weighted by Crippen LogP contribution is 2.66. The standard InChI is InChI=1S/C41H49N8O16P3S/c1-4-47-14-6-9-25-16-30-34(18-32(25)47)63-35-19-33-29(17-31(35)46-30)27(23-69(58,59)60)20-41(2,3)49(33)15-7-10-36(50)43-13-5-8-26-21-48(40-38(26)39(42)44-24-45-40)37-12-11-28(62-37)22-61-67(54,55)65-68(56,57)64-66(51,52)53/h16-21,24,28,37H,4,6-7,9-15,22-23H2,1-3H3,(H7-,42,43,44,45,50,51,52,53,54,55,56,57,58,59,60)/t28-,37+/m0/s1. The molecule has 0 spiro atoms. The molecule has 0 saturated carbocycles. The van der Waals surface area contributed by atoms with Crippen molar-refractivity contribution in [2.24, 2.45) is 4.99 Å². The average Bonchev–Trinajstić information content (AvgIpc) is 3.87. The number of benzene rings is 2. The fourth-order valence-corrected chi connectivity index (χ4v) is 12.6. The summed E-state index contributed by atoms with van der Waals surface area (Å²) in [6.45, 7) is 7.43. The summed E-state index contributed by atoms with van der Waals surface area (Å²) < 4.78 is 99.8. The van der Waals surface area contributed by atoms with E-state index in [1.807, 2.05) is 32.0 Å². The summed E-state index contributed by atoms with van der Waals surface area (Å²) in [5.74, 6) is 6.12. The Morgan fingerprint density at radius 3 is 2.61 bits per heavy atom. The van der Waals surface area contributed by atoms with Gasteiger partial charge in [0.15, 0.2) is 11.5 Å². The average molecular weight is 1030 g/mol. The van der Waals surface area contributed by atoms with Gasteiger partial charge >= 0.3 is 23.5 Å². The number of nitrogens with two attached hydrogens (primary N) is 1. The second-order valence-electron chi connectivity index (χ2n) is 17.1. The van der Waals surface area contributed by atoms with E-state index in [-0.39, 0.29) is 31.1 Å². The molecule has 2 aromatic heterocycles. The summed E-state index contributed by atoms with van der Waals surface area (Å²) in [7, 11) is -21.3. The van der Waals surface area contributed by atoms with Crippen molar-refractivity contribution in [3.63, 3.8) is 0 Å². The number of anilines is 2. The number of aromatic nitrogens is 3. The molecular formula is C41H49N8O16P3S. The van der Waals surface area contributed by atoms with Crippen molar-refractivity contribution in [3.05, 3.63) is 70.3 Å². The Morgan fingerprint density at radius 1 is 1.09 bits per heavy atom. The first-order valence-corrected chi connectivity index (χ1v) is 27.7. The van der Waals surface area contributed by atoms with Crippen molar-refractivity contribution in [2.45, 2.75) is 77.2 Å². The van der Waals surface area contributed by atoms with Gasteiger partial charge in [-0.1, -0.05) is 17.9 Å². The Hall–Kier alpha value is -4.89. The monoisotopic (exact) mass is 1030 g/mol. The number of amides is 1. The van der Waals surface area contributed by atoms with E-state index in [1.54, 1.807) is 22.9 Å². The summed E-state index contributed by atoms with van der Waals surface area (Å²) in [5.41, 5.74) is 9.43. The van der Waals surface area contributed by atoms with Crippen LogP contribution in [-0.4, -0.2) is 103 Å². The first kappa shape index (κ1) is 50.5. The molecule has 0 aliphatic carbocycles. The van der Waals surface area contributed by atoms with Gasteiger partial charge in [-0.05, 0) is 64.2 Å². The highest BCUT2D eigenvalue weighted by Gasteiger charge is 2.42. The maximum Gasteiger partial charge on any atom is 0.490 e. The van der Waals surface area contributed by atoms with Crippen molar-refractivity contribution in [1.29, 1.82) is 0 Å². The van der Waals surface area contributed by atoms with Gasteiger partial charge in [0.2, 0.25) is 11.3 Å². The largest absolute Gasteiger partial charge is 0.748 e. The van der Waals surface area contributed by atoms with Gasteiger partial charge in [0.25, 0.3) is 0 Å². The van der Waals surface area contributed by atoms with Crippen LogP contribution in [0.15, 0.2) is 47.9 Å². The van der Waals surface area contributed by atoms with Crippen LogP contribution in [-0.2, 0) is 52.9 Å². The van der Waals surface area contributed by atoms with Crippen LogP contribution in [0, 0.1) is 11.8 Å². The van der Waals surface area contributed by atoms with Crippen molar-refractivity contribution < 1.29 is 73.7 Å². The zero-order valence-electron chi connectivity index (χ0n) is 37.4. The van der Waals surface area contributed by atoms with E-state index in [9.17, 15) is 41.2 Å². The topological polar surface area (TPSA) is 340 Å². The number of ether oxygens (including phenoxy) is 2.